The summed E-state index contributed by atoms with van der Waals surface area (Å²) in [5, 5.41) is 3.00. The smallest absolute Gasteiger partial charge is 0.251 e. The van der Waals surface area contributed by atoms with E-state index in [0.29, 0.717) is 18.0 Å². The van der Waals surface area contributed by atoms with Gasteiger partial charge in [0.05, 0.1) is 0 Å². The Kier molecular flexibility index (Phi) is 6.43. The van der Waals surface area contributed by atoms with Crippen LogP contribution in [-0.4, -0.2) is 18.5 Å². The first-order valence-electron chi connectivity index (χ1n) is 6.88. The van der Waals surface area contributed by atoms with E-state index in [-0.39, 0.29) is 30.2 Å². The number of nitrogens with two attached hydrogens (primary N) is 1. The van der Waals surface area contributed by atoms with E-state index in [9.17, 15) is 9.18 Å². The van der Waals surface area contributed by atoms with Crippen LogP contribution in [0.2, 0.25) is 0 Å². The fourth-order valence-electron chi connectivity index (χ4n) is 2.80. The van der Waals surface area contributed by atoms with Crippen molar-refractivity contribution >= 4 is 18.3 Å². The Labute approximate surface area is 125 Å². The molecule has 0 heterocycles. The van der Waals surface area contributed by atoms with E-state index >= 15 is 0 Å². The molecule has 1 fully saturated rings. The standard InChI is InChI=1S/C15H21FN2O.ClH/c1-10-6-12(8-13(16)7-10)15(19)18-14-5-3-2-4-11(14)9-17;/h6-8,11,14H,2-5,9,17H2,1H3,(H,18,19);1H. The average molecular weight is 301 g/mol. The fraction of sp³-hybridized carbons (Fsp3) is 0.533. The van der Waals surface area contributed by atoms with Gasteiger partial charge in [0.25, 0.3) is 5.91 Å². The van der Waals surface area contributed by atoms with Crippen molar-refractivity contribution in [3.05, 3.63) is 35.1 Å². The molecule has 2 unspecified atom stereocenters. The first-order chi connectivity index (χ1) is 9.10. The Hall–Kier alpha value is -1.13. The molecular weight excluding hydrogens is 279 g/mol. The molecule has 3 nitrogen and oxygen atoms in total. The molecule has 3 N–H and O–H groups in total. The molecule has 1 aliphatic rings. The van der Waals surface area contributed by atoms with E-state index in [1.54, 1.807) is 13.0 Å². The van der Waals surface area contributed by atoms with Gasteiger partial charge in [0.15, 0.2) is 0 Å². The molecule has 2 rings (SSSR count). The van der Waals surface area contributed by atoms with Crippen molar-refractivity contribution in [1.82, 2.24) is 5.32 Å². The molecule has 20 heavy (non-hydrogen) atoms. The minimum Gasteiger partial charge on any atom is -0.349 e. The molecule has 1 aromatic rings. The van der Waals surface area contributed by atoms with Gasteiger partial charge >= 0.3 is 0 Å². The molecule has 0 saturated heterocycles. The number of aryl methyl sites for hydroxylation is 1. The first kappa shape index (κ1) is 16.9. The van der Waals surface area contributed by atoms with Crippen LogP contribution in [0.15, 0.2) is 18.2 Å². The number of amides is 1. The van der Waals surface area contributed by atoms with Gasteiger partial charge < -0.3 is 11.1 Å². The summed E-state index contributed by atoms with van der Waals surface area (Å²) in [4.78, 5) is 12.2. The normalized spacial score (nSPS) is 21.9. The summed E-state index contributed by atoms with van der Waals surface area (Å²) >= 11 is 0. The van der Waals surface area contributed by atoms with Gasteiger partial charge in [-0.05, 0) is 56.0 Å². The highest BCUT2D eigenvalue weighted by Crippen LogP contribution is 2.24. The summed E-state index contributed by atoms with van der Waals surface area (Å²) < 4.78 is 13.3. The van der Waals surface area contributed by atoms with Gasteiger partial charge in [-0.2, -0.15) is 0 Å². The summed E-state index contributed by atoms with van der Waals surface area (Å²) in [6, 6.07) is 4.52. The largest absolute Gasteiger partial charge is 0.349 e. The van der Waals surface area contributed by atoms with Crippen LogP contribution < -0.4 is 11.1 Å². The maximum absolute atomic E-state index is 13.3. The van der Waals surface area contributed by atoms with E-state index in [1.165, 1.54) is 18.6 Å². The highest BCUT2D eigenvalue weighted by molar-refractivity contribution is 5.94. The van der Waals surface area contributed by atoms with Crippen LogP contribution in [-0.2, 0) is 0 Å². The molecule has 0 bridgehead atoms. The summed E-state index contributed by atoms with van der Waals surface area (Å²) in [6.07, 6.45) is 4.31. The molecule has 1 amide bonds. The summed E-state index contributed by atoms with van der Waals surface area (Å²) in [5.41, 5.74) is 6.89. The average Bonchev–Trinajstić information content (AvgIpc) is 2.38. The van der Waals surface area contributed by atoms with Gasteiger partial charge in [0, 0.05) is 11.6 Å². The van der Waals surface area contributed by atoms with Crippen molar-refractivity contribution in [2.24, 2.45) is 11.7 Å². The lowest BCUT2D eigenvalue weighted by Crippen LogP contribution is -2.44. The molecule has 0 spiro atoms. The second-order valence-corrected chi connectivity index (χ2v) is 5.38. The van der Waals surface area contributed by atoms with E-state index in [2.05, 4.69) is 5.32 Å². The van der Waals surface area contributed by atoms with Gasteiger partial charge in [-0.15, -0.1) is 12.4 Å². The van der Waals surface area contributed by atoms with E-state index in [1.807, 2.05) is 0 Å². The Morgan fingerprint density at radius 2 is 2.05 bits per heavy atom. The van der Waals surface area contributed by atoms with Crippen molar-refractivity contribution in [1.29, 1.82) is 0 Å². The molecular formula is C15H22ClFN2O. The zero-order valence-electron chi connectivity index (χ0n) is 11.7. The highest BCUT2D eigenvalue weighted by atomic mass is 35.5. The number of hydrogen-bond acceptors (Lipinski definition) is 2. The topological polar surface area (TPSA) is 55.1 Å². The van der Waals surface area contributed by atoms with Crippen molar-refractivity contribution in [3.8, 4) is 0 Å². The second-order valence-electron chi connectivity index (χ2n) is 5.38. The van der Waals surface area contributed by atoms with Gasteiger partial charge in [0.2, 0.25) is 0 Å². The Morgan fingerprint density at radius 1 is 1.35 bits per heavy atom. The summed E-state index contributed by atoms with van der Waals surface area (Å²) in [5.74, 6) is -0.232. The Balaban J connectivity index is 0.00000200. The highest BCUT2D eigenvalue weighted by Gasteiger charge is 2.25. The van der Waals surface area contributed by atoms with E-state index < -0.39 is 0 Å². The number of carbonyl (C=O) groups is 1. The second kappa shape index (κ2) is 7.60. The number of rotatable bonds is 3. The lowest BCUT2D eigenvalue weighted by Gasteiger charge is -2.31. The third-order valence-corrected chi connectivity index (χ3v) is 3.83. The molecule has 2 atom stereocenters. The van der Waals surface area contributed by atoms with Crippen molar-refractivity contribution in [2.75, 3.05) is 6.54 Å². The fourth-order valence-corrected chi connectivity index (χ4v) is 2.80. The van der Waals surface area contributed by atoms with E-state index in [4.69, 9.17) is 5.73 Å². The number of carbonyl (C=O) groups excluding carboxylic acids is 1. The minimum absolute atomic E-state index is 0. The molecule has 0 radical (unpaired) electrons. The van der Waals surface area contributed by atoms with Crippen LogP contribution in [0.1, 0.15) is 41.6 Å². The lowest BCUT2D eigenvalue weighted by molar-refractivity contribution is 0.0907. The Morgan fingerprint density at radius 3 is 2.70 bits per heavy atom. The van der Waals surface area contributed by atoms with Gasteiger partial charge in [0.1, 0.15) is 5.82 Å². The van der Waals surface area contributed by atoms with Crippen LogP contribution >= 0.6 is 12.4 Å². The van der Waals surface area contributed by atoms with Crippen molar-refractivity contribution in [3.63, 3.8) is 0 Å². The maximum atomic E-state index is 13.3. The third kappa shape index (κ3) is 4.18. The van der Waals surface area contributed by atoms with Crippen molar-refractivity contribution < 1.29 is 9.18 Å². The van der Waals surface area contributed by atoms with Crippen molar-refractivity contribution in [2.45, 2.75) is 38.6 Å². The summed E-state index contributed by atoms with van der Waals surface area (Å²) in [6.45, 7) is 2.37. The molecule has 112 valence electrons. The SMILES string of the molecule is Cc1cc(F)cc(C(=O)NC2CCCCC2CN)c1.Cl. The number of halogens is 2. The molecule has 1 aliphatic carbocycles. The number of nitrogens with one attached hydrogen (secondary N) is 1. The summed E-state index contributed by atoms with van der Waals surface area (Å²) in [7, 11) is 0. The maximum Gasteiger partial charge on any atom is 0.251 e. The molecule has 1 aromatic carbocycles. The van der Waals surface area contributed by atoms with Gasteiger partial charge in [-0.25, -0.2) is 4.39 Å². The number of benzene rings is 1. The van der Waals surface area contributed by atoms with Crippen LogP contribution in [0.5, 0.6) is 0 Å². The first-order valence-corrected chi connectivity index (χ1v) is 6.88. The number of hydrogen-bond donors (Lipinski definition) is 2. The predicted molar refractivity (Wildman–Crippen MR) is 80.7 cm³/mol. The predicted octanol–water partition coefficient (Wildman–Crippen LogP) is 2.80. The van der Waals surface area contributed by atoms with Gasteiger partial charge in [-0.3, -0.25) is 4.79 Å². The molecule has 0 aromatic heterocycles. The van der Waals surface area contributed by atoms with Crippen LogP contribution in [0.25, 0.3) is 0 Å². The van der Waals surface area contributed by atoms with E-state index in [0.717, 1.165) is 24.8 Å². The quantitative estimate of drug-likeness (QED) is 0.902. The van der Waals surface area contributed by atoms with Crippen LogP contribution in [0, 0.1) is 18.7 Å². The van der Waals surface area contributed by atoms with Gasteiger partial charge in [-0.1, -0.05) is 12.8 Å². The minimum atomic E-state index is -0.371. The molecule has 1 saturated carbocycles. The monoisotopic (exact) mass is 300 g/mol. The molecule has 5 heteroatoms. The van der Waals surface area contributed by atoms with Crippen LogP contribution in [0.3, 0.4) is 0 Å². The van der Waals surface area contributed by atoms with Crippen LogP contribution in [0.4, 0.5) is 4.39 Å². The zero-order valence-corrected chi connectivity index (χ0v) is 12.5. The third-order valence-electron chi connectivity index (χ3n) is 3.83. The molecule has 0 aliphatic heterocycles. The zero-order chi connectivity index (χ0) is 13.8. The Bertz CT molecular complexity index is 447. The lowest BCUT2D eigenvalue weighted by atomic mass is 9.84.